The molecule has 1 saturated heterocycles. The molecular formula is C17H28N4O4S. The van der Waals surface area contributed by atoms with Crippen LogP contribution in [0.2, 0.25) is 0 Å². The van der Waals surface area contributed by atoms with Gasteiger partial charge in [-0.05, 0) is 20.8 Å². The van der Waals surface area contributed by atoms with Gasteiger partial charge in [-0.3, -0.25) is 4.90 Å². The molecule has 0 bridgehead atoms. The first-order chi connectivity index (χ1) is 12.2. The Morgan fingerprint density at radius 2 is 2.27 bits per heavy atom. The molecule has 8 nitrogen and oxygen atoms in total. The highest BCUT2D eigenvalue weighted by Crippen LogP contribution is 2.19. The van der Waals surface area contributed by atoms with Crippen LogP contribution in [-0.2, 0) is 20.9 Å². The number of hydrogen-bond acceptors (Lipinski definition) is 7. The van der Waals surface area contributed by atoms with Crippen molar-refractivity contribution < 1.29 is 19.1 Å². The summed E-state index contributed by atoms with van der Waals surface area (Å²) in [5.41, 5.74) is 6.26. The molecule has 1 aromatic heterocycles. The summed E-state index contributed by atoms with van der Waals surface area (Å²) in [6.45, 7) is 10.9. The van der Waals surface area contributed by atoms with Crippen molar-refractivity contribution in [2.24, 2.45) is 10.9 Å². The third kappa shape index (κ3) is 5.84. The monoisotopic (exact) mass is 384 g/mol. The molecule has 0 radical (unpaired) electrons. The van der Waals surface area contributed by atoms with E-state index in [1.807, 2.05) is 26.2 Å². The molecule has 0 aliphatic carbocycles. The number of hydrogen-bond donors (Lipinski definition) is 1. The predicted molar refractivity (Wildman–Crippen MR) is 100 cm³/mol. The Morgan fingerprint density at radius 1 is 1.54 bits per heavy atom. The summed E-state index contributed by atoms with van der Waals surface area (Å²) in [4.78, 5) is 23.7. The van der Waals surface area contributed by atoms with Gasteiger partial charge in [-0.25, -0.2) is 9.78 Å². The van der Waals surface area contributed by atoms with Crippen LogP contribution >= 0.6 is 11.3 Å². The number of carbonyl (C=O) groups excluding carboxylic acids is 1. The van der Waals surface area contributed by atoms with Crippen molar-refractivity contribution in [1.29, 1.82) is 0 Å². The standard InChI is InChI=1S/C17H28N4O4S/c1-11(2)15-19-12(10-26-15)8-24-20-14(18)13-9-23-7-6-21(13)16(22)25-17(3,4)5/h10-11,13H,6-9H2,1-5H3,(H2,18,20). The molecule has 1 atom stereocenters. The molecule has 2 heterocycles. The zero-order valence-corrected chi connectivity index (χ0v) is 16.8. The number of rotatable bonds is 5. The largest absolute Gasteiger partial charge is 0.444 e. The van der Waals surface area contributed by atoms with E-state index in [-0.39, 0.29) is 19.0 Å². The third-order valence-corrected chi connectivity index (χ3v) is 4.74. The Kier molecular flexibility index (Phi) is 6.82. The summed E-state index contributed by atoms with van der Waals surface area (Å²) in [5, 5.41) is 6.95. The summed E-state index contributed by atoms with van der Waals surface area (Å²) >= 11 is 1.59. The average Bonchev–Trinajstić information content (AvgIpc) is 3.02. The second kappa shape index (κ2) is 8.68. The number of aromatic nitrogens is 1. The number of amidine groups is 1. The van der Waals surface area contributed by atoms with Crippen molar-refractivity contribution in [3.05, 3.63) is 16.1 Å². The minimum absolute atomic E-state index is 0.176. The lowest BCUT2D eigenvalue weighted by atomic mass is 10.2. The maximum Gasteiger partial charge on any atom is 0.411 e. The van der Waals surface area contributed by atoms with Gasteiger partial charge in [0.1, 0.15) is 11.6 Å². The van der Waals surface area contributed by atoms with Gasteiger partial charge in [-0.15, -0.1) is 11.3 Å². The lowest BCUT2D eigenvalue weighted by Crippen LogP contribution is -2.55. The zero-order chi connectivity index (χ0) is 19.3. The van der Waals surface area contributed by atoms with Crippen LogP contribution in [0.25, 0.3) is 0 Å². The minimum atomic E-state index is -0.582. The first-order valence-electron chi connectivity index (χ1n) is 8.64. The number of morpholine rings is 1. The topological polar surface area (TPSA) is 99.3 Å². The van der Waals surface area contributed by atoms with Crippen molar-refractivity contribution in [2.45, 2.75) is 58.8 Å². The van der Waals surface area contributed by atoms with E-state index in [4.69, 9.17) is 20.0 Å². The predicted octanol–water partition coefficient (Wildman–Crippen LogP) is 2.69. The van der Waals surface area contributed by atoms with Gasteiger partial charge in [0.25, 0.3) is 0 Å². The van der Waals surface area contributed by atoms with Gasteiger partial charge in [-0.1, -0.05) is 19.0 Å². The Balaban J connectivity index is 1.96. The molecule has 1 aliphatic rings. The molecule has 9 heteroatoms. The normalized spacial score (nSPS) is 18.9. The molecule has 2 rings (SSSR count). The Morgan fingerprint density at radius 3 is 2.88 bits per heavy atom. The molecule has 1 fully saturated rings. The second-order valence-electron chi connectivity index (χ2n) is 7.39. The highest BCUT2D eigenvalue weighted by molar-refractivity contribution is 7.09. The Bertz CT molecular complexity index is 639. The van der Waals surface area contributed by atoms with E-state index in [1.165, 1.54) is 4.90 Å². The number of ether oxygens (including phenoxy) is 2. The third-order valence-electron chi connectivity index (χ3n) is 3.54. The molecule has 26 heavy (non-hydrogen) atoms. The van der Waals surface area contributed by atoms with E-state index < -0.39 is 17.7 Å². The maximum absolute atomic E-state index is 12.4. The molecular weight excluding hydrogens is 356 g/mol. The fourth-order valence-corrected chi connectivity index (χ4v) is 3.10. The van der Waals surface area contributed by atoms with Crippen molar-refractivity contribution in [1.82, 2.24) is 9.88 Å². The van der Waals surface area contributed by atoms with E-state index in [0.29, 0.717) is 19.1 Å². The highest BCUT2D eigenvalue weighted by atomic mass is 32.1. The number of oxime groups is 1. The lowest BCUT2D eigenvalue weighted by Gasteiger charge is -2.35. The van der Waals surface area contributed by atoms with Crippen LogP contribution in [0.3, 0.4) is 0 Å². The van der Waals surface area contributed by atoms with Gasteiger partial charge >= 0.3 is 6.09 Å². The van der Waals surface area contributed by atoms with Crippen LogP contribution in [0, 0.1) is 0 Å². The van der Waals surface area contributed by atoms with Crippen molar-refractivity contribution in [3.8, 4) is 0 Å². The zero-order valence-electron chi connectivity index (χ0n) is 16.0. The summed E-state index contributed by atoms with van der Waals surface area (Å²) in [6, 6.07) is -0.514. The van der Waals surface area contributed by atoms with E-state index in [1.54, 1.807) is 11.3 Å². The van der Waals surface area contributed by atoms with Gasteiger partial charge in [0.2, 0.25) is 0 Å². The van der Waals surface area contributed by atoms with E-state index in [2.05, 4.69) is 24.0 Å². The van der Waals surface area contributed by atoms with Crippen LogP contribution < -0.4 is 5.73 Å². The lowest BCUT2D eigenvalue weighted by molar-refractivity contribution is -0.0190. The Labute approximate surface area is 158 Å². The van der Waals surface area contributed by atoms with E-state index in [9.17, 15) is 4.79 Å². The quantitative estimate of drug-likeness (QED) is 0.476. The fourth-order valence-electron chi connectivity index (χ4n) is 2.28. The van der Waals surface area contributed by atoms with E-state index in [0.717, 1.165) is 10.7 Å². The first kappa shape index (κ1) is 20.4. The van der Waals surface area contributed by atoms with Crippen molar-refractivity contribution >= 4 is 23.3 Å². The van der Waals surface area contributed by atoms with Crippen LogP contribution in [0.1, 0.15) is 51.2 Å². The number of nitrogens with two attached hydrogens (primary N) is 1. The molecule has 1 aliphatic heterocycles. The number of amides is 1. The van der Waals surface area contributed by atoms with Gasteiger partial charge in [0.05, 0.1) is 23.9 Å². The molecule has 1 unspecified atom stereocenters. The summed E-state index contributed by atoms with van der Waals surface area (Å²) in [6.07, 6.45) is -0.440. The molecule has 1 amide bonds. The maximum atomic E-state index is 12.4. The number of nitrogens with zero attached hydrogens (tertiary/aromatic N) is 3. The summed E-state index contributed by atoms with van der Waals surface area (Å²) in [5.74, 6) is 0.555. The molecule has 0 aromatic carbocycles. The Hall–Kier alpha value is -1.87. The first-order valence-corrected chi connectivity index (χ1v) is 9.52. The van der Waals surface area contributed by atoms with Crippen LogP contribution in [0.15, 0.2) is 10.5 Å². The minimum Gasteiger partial charge on any atom is -0.444 e. The highest BCUT2D eigenvalue weighted by Gasteiger charge is 2.33. The molecule has 0 spiro atoms. The van der Waals surface area contributed by atoms with E-state index >= 15 is 0 Å². The molecule has 1 aromatic rings. The smallest absolute Gasteiger partial charge is 0.411 e. The SMILES string of the molecule is CC(C)c1nc(CO/N=C(\N)C2COCCN2C(=O)OC(C)(C)C)cs1. The number of thiazole rings is 1. The van der Waals surface area contributed by atoms with Gasteiger partial charge in [0.15, 0.2) is 12.4 Å². The van der Waals surface area contributed by atoms with Gasteiger partial charge in [0, 0.05) is 17.8 Å². The van der Waals surface area contributed by atoms with Crippen molar-refractivity contribution in [3.63, 3.8) is 0 Å². The molecule has 146 valence electrons. The van der Waals surface area contributed by atoms with Gasteiger partial charge in [-0.2, -0.15) is 0 Å². The average molecular weight is 385 g/mol. The van der Waals surface area contributed by atoms with Crippen LogP contribution in [0.5, 0.6) is 0 Å². The molecule has 2 N–H and O–H groups in total. The van der Waals surface area contributed by atoms with Gasteiger partial charge < -0.3 is 20.0 Å². The van der Waals surface area contributed by atoms with Crippen LogP contribution in [-0.4, -0.2) is 53.2 Å². The summed E-state index contributed by atoms with van der Waals surface area (Å²) < 4.78 is 10.9. The number of carbonyl (C=O) groups is 1. The van der Waals surface area contributed by atoms with Crippen LogP contribution in [0.4, 0.5) is 4.79 Å². The molecule has 0 saturated carbocycles. The summed E-state index contributed by atoms with van der Waals surface area (Å²) in [7, 11) is 0. The second-order valence-corrected chi connectivity index (χ2v) is 8.28. The van der Waals surface area contributed by atoms with Crippen molar-refractivity contribution in [2.75, 3.05) is 19.8 Å². The fraction of sp³-hybridized carbons (Fsp3) is 0.706.